The molecular formula is C17H26ClNO2. The Morgan fingerprint density at radius 1 is 1.24 bits per heavy atom. The lowest BCUT2D eigenvalue weighted by molar-refractivity contribution is -0.0245. The molecule has 21 heavy (non-hydrogen) atoms. The van der Waals surface area contributed by atoms with Gasteiger partial charge in [0.05, 0.1) is 12.7 Å². The van der Waals surface area contributed by atoms with E-state index >= 15 is 0 Å². The maximum absolute atomic E-state index is 10.7. The van der Waals surface area contributed by atoms with Crippen molar-refractivity contribution in [2.75, 3.05) is 13.7 Å². The van der Waals surface area contributed by atoms with Crippen molar-refractivity contribution >= 4 is 11.6 Å². The zero-order chi connectivity index (χ0) is 15.5. The zero-order valence-electron chi connectivity index (χ0n) is 13.2. The third-order valence-corrected chi connectivity index (χ3v) is 4.94. The molecule has 118 valence electrons. The van der Waals surface area contributed by atoms with Crippen molar-refractivity contribution in [1.82, 2.24) is 5.32 Å². The monoisotopic (exact) mass is 311 g/mol. The molecule has 0 heterocycles. The van der Waals surface area contributed by atoms with Crippen molar-refractivity contribution in [3.05, 3.63) is 28.8 Å². The summed E-state index contributed by atoms with van der Waals surface area (Å²) in [5.41, 5.74) is 0.712. The van der Waals surface area contributed by atoms with E-state index in [1.807, 2.05) is 18.2 Å². The van der Waals surface area contributed by atoms with Crippen LogP contribution in [0.15, 0.2) is 18.2 Å². The molecule has 1 aromatic carbocycles. The van der Waals surface area contributed by atoms with Crippen LogP contribution in [0.5, 0.6) is 5.75 Å². The molecule has 0 radical (unpaired) electrons. The van der Waals surface area contributed by atoms with Gasteiger partial charge in [0, 0.05) is 23.7 Å². The van der Waals surface area contributed by atoms with E-state index in [0.29, 0.717) is 23.5 Å². The van der Waals surface area contributed by atoms with Crippen molar-refractivity contribution in [2.45, 2.75) is 51.7 Å². The van der Waals surface area contributed by atoms with Gasteiger partial charge in [0.15, 0.2) is 0 Å². The fraction of sp³-hybridized carbons (Fsp3) is 0.647. The summed E-state index contributed by atoms with van der Waals surface area (Å²) >= 11 is 6.22. The number of rotatable bonds is 5. The third kappa shape index (κ3) is 4.35. The number of aliphatic hydroxyl groups is 1. The number of hydrogen-bond acceptors (Lipinski definition) is 3. The molecule has 0 unspecified atom stereocenters. The Morgan fingerprint density at radius 2 is 1.90 bits per heavy atom. The second kappa shape index (κ2) is 6.55. The normalized spacial score (nSPS) is 20.2. The Balaban J connectivity index is 1.90. The standard InChI is InChI=1S/C17H26ClNO2/c1-16(2)7-9-17(20,10-8-16)12-19-11-13-14(18)5-4-6-15(13)21-3/h4-6,19-20H,7-12H2,1-3H3. The highest BCUT2D eigenvalue weighted by atomic mass is 35.5. The first-order valence-corrected chi connectivity index (χ1v) is 7.98. The summed E-state index contributed by atoms with van der Waals surface area (Å²) < 4.78 is 5.33. The zero-order valence-corrected chi connectivity index (χ0v) is 14.0. The van der Waals surface area contributed by atoms with Crippen LogP contribution in [0, 0.1) is 5.41 Å². The van der Waals surface area contributed by atoms with E-state index < -0.39 is 5.60 Å². The molecule has 2 N–H and O–H groups in total. The van der Waals surface area contributed by atoms with E-state index in [0.717, 1.165) is 37.0 Å². The predicted molar refractivity (Wildman–Crippen MR) is 86.9 cm³/mol. The second-order valence-electron chi connectivity index (χ2n) is 6.91. The largest absolute Gasteiger partial charge is 0.496 e. The van der Waals surface area contributed by atoms with Gasteiger partial charge >= 0.3 is 0 Å². The Morgan fingerprint density at radius 3 is 2.52 bits per heavy atom. The van der Waals surface area contributed by atoms with Crippen LogP contribution < -0.4 is 10.1 Å². The summed E-state index contributed by atoms with van der Waals surface area (Å²) in [5, 5.41) is 14.7. The van der Waals surface area contributed by atoms with Gasteiger partial charge in [-0.2, -0.15) is 0 Å². The van der Waals surface area contributed by atoms with Gasteiger partial charge in [-0.1, -0.05) is 31.5 Å². The molecule has 1 aliphatic rings. The Labute approximate surface area is 132 Å². The van der Waals surface area contributed by atoms with Gasteiger partial charge in [-0.05, 0) is 43.2 Å². The van der Waals surface area contributed by atoms with Crippen molar-refractivity contribution in [2.24, 2.45) is 5.41 Å². The van der Waals surface area contributed by atoms with E-state index in [4.69, 9.17) is 16.3 Å². The highest BCUT2D eigenvalue weighted by Gasteiger charge is 2.36. The van der Waals surface area contributed by atoms with Crippen LogP contribution in [0.3, 0.4) is 0 Å². The average molecular weight is 312 g/mol. The molecule has 1 aliphatic carbocycles. The summed E-state index contributed by atoms with van der Waals surface area (Å²) in [4.78, 5) is 0. The highest BCUT2D eigenvalue weighted by Crippen LogP contribution is 2.39. The van der Waals surface area contributed by atoms with Crippen molar-refractivity contribution < 1.29 is 9.84 Å². The van der Waals surface area contributed by atoms with Crippen molar-refractivity contribution in [3.8, 4) is 5.75 Å². The van der Waals surface area contributed by atoms with E-state index in [-0.39, 0.29) is 0 Å². The van der Waals surface area contributed by atoms with Crippen LogP contribution in [-0.4, -0.2) is 24.4 Å². The van der Waals surface area contributed by atoms with Crippen molar-refractivity contribution in [1.29, 1.82) is 0 Å². The van der Waals surface area contributed by atoms with E-state index in [1.165, 1.54) is 0 Å². The first-order valence-electron chi connectivity index (χ1n) is 7.60. The van der Waals surface area contributed by atoms with Gasteiger partial charge in [0.25, 0.3) is 0 Å². The van der Waals surface area contributed by atoms with Crippen LogP contribution in [0.2, 0.25) is 5.02 Å². The molecule has 0 aliphatic heterocycles. The van der Waals surface area contributed by atoms with Gasteiger partial charge < -0.3 is 15.2 Å². The minimum absolute atomic E-state index is 0.359. The topological polar surface area (TPSA) is 41.5 Å². The number of methoxy groups -OCH3 is 1. The summed E-state index contributed by atoms with van der Waals surface area (Å²) in [6.07, 6.45) is 3.85. The third-order valence-electron chi connectivity index (χ3n) is 4.59. The van der Waals surface area contributed by atoms with Gasteiger partial charge in [0.2, 0.25) is 0 Å². The van der Waals surface area contributed by atoms with E-state index in [2.05, 4.69) is 19.2 Å². The first-order chi connectivity index (χ1) is 9.85. The lowest BCUT2D eigenvalue weighted by Crippen LogP contribution is -2.44. The fourth-order valence-electron chi connectivity index (χ4n) is 2.89. The first kappa shape index (κ1) is 16.6. The van der Waals surface area contributed by atoms with Gasteiger partial charge in [-0.15, -0.1) is 0 Å². The maximum atomic E-state index is 10.7. The Kier molecular flexibility index (Phi) is 5.18. The molecule has 2 rings (SSSR count). The molecule has 0 aromatic heterocycles. The number of benzene rings is 1. The lowest BCUT2D eigenvalue weighted by Gasteiger charge is -2.40. The molecule has 4 heteroatoms. The van der Waals surface area contributed by atoms with Crippen LogP contribution in [-0.2, 0) is 6.54 Å². The van der Waals surface area contributed by atoms with Gasteiger partial charge in [0.1, 0.15) is 5.75 Å². The minimum atomic E-state index is -0.593. The Bertz CT molecular complexity index is 478. The second-order valence-corrected chi connectivity index (χ2v) is 7.32. The van der Waals surface area contributed by atoms with Crippen LogP contribution in [0.25, 0.3) is 0 Å². The van der Waals surface area contributed by atoms with Crippen LogP contribution >= 0.6 is 11.6 Å². The molecule has 1 aromatic rings. The van der Waals surface area contributed by atoms with E-state index in [1.54, 1.807) is 7.11 Å². The number of nitrogens with one attached hydrogen (secondary N) is 1. The Hall–Kier alpha value is -0.770. The summed E-state index contributed by atoms with van der Waals surface area (Å²) in [5.74, 6) is 0.784. The SMILES string of the molecule is COc1cccc(Cl)c1CNCC1(O)CCC(C)(C)CC1. The fourth-order valence-corrected chi connectivity index (χ4v) is 3.12. The van der Waals surface area contributed by atoms with Gasteiger partial charge in [-0.3, -0.25) is 0 Å². The summed E-state index contributed by atoms with van der Waals surface area (Å²) in [6.45, 7) is 5.75. The molecule has 0 bridgehead atoms. The number of halogens is 1. The number of hydrogen-bond donors (Lipinski definition) is 2. The molecule has 0 amide bonds. The molecule has 1 saturated carbocycles. The molecule has 0 atom stereocenters. The predicted octanol–water partition coefficient (Wildman–Crippen LogP) is 3.77. The van der Waals surface area contributed by atoms with Gasteiger partial charge in [-0.25, -0.2) is 0 Å². The maximum Gasteiger partial charge on any atom is 0.124 e. The smallest absolute Gasteiger partial charge is 0.124 e. The highest BCUT2D eigenvalue weighted by molar-refractivity contribution is 6.31. The lowest BCUT2D eigenvalue weighted by atomic mass is 9.71. The van der Waals surface area contributed by atoms with Crippen molar-refractivity contribution in [3.63, 3.8) is 0 Å². The average Bonchev–Trinajstić information content (AvgIpc) is 2.44. The minimum Gasteiger partial charge on any atom is -0.496 e. The molecule has 3 nitrogen and oxygen atoms in total. The quantitative estimate of drug-likeness (QED) is 0.869. The molecular weight excluding hydrogens is 286 g/mol. The van der Waals surface area contributed by atoms with Crippen LogP contribution in [0.1, 0.15) is 45.1 Å². The van der Waals surface area contributed by atoms with E-state index in [9.17, 15) is 5.11 Å². The summed E-state index contributed by atoms with van der Waals surface area (Å²) in [7, 11) is 1.64. The van der Waals surface area contributed by atoms with Crippen LogP contribution in [0.4, 0.5) is 0 Å². The molecule has 0 saturated heterocycles. The molecule has 1 fully saturated rings. The number of ether oxygens (including phenoxy) is 1. The summed E-state index contributed by atoms with van der Waals surface area (Å²) in [6, 6.07) is 5.64. The molecule has 0 spiro atoms.